The first-order valence-corrected chi connectivity index (χ1v) is 7.35. The largest absolute Gasteiger partial charge is 0.316 e. The van der Waals surface area contributed by atoms with Crippen LogP contribution >= 0.6 is 12.4 Å². The van der Waals surface area contributed by atoms with Gasteiger partial charge < -0.3 is 5.32 Å². The van der Waals surface area contributed by atoms with Crippen molar-refractivity contribution in [1.82, 2.24) is 20.0 Å². The summed E-state index contributed by atoms with van der Waals surface area (Å²) in [6.45, 7) is 3.24. The van der Waals surface area contributed by atoms with Gasteiger partial charge in [-0.05, 0) is 44.6 Å². The van der Waals surface area contributed by atoms with Gasteiger partial charge in [-0.15, -0.1) is 12.4 Å². The predicted octanol–water partition coefficient (Wildman–Crippen LogP) is 2.48. The molecule has 21 heavy (non-hydrogen) atoms. The number of hydrogen-bond acceptors (Lipinski definition) is 3. The van der Waals surface area contributed by atoms with Gasteiger partial charge in [0.2, 0.25) is 0 Å². The molecule has 1 atom stereocenters. The summed E-state index contributed by atoms with van der Waals surface area (Å²) in [5.74, 6) is 0. The molecule has 2 aromatic rings. The summed E-state index contributed by atoms with van der Waals surface area (Å²) in [4.78, 5) is 2.49. The zero-order valence-electron chi connectivity index (χ0n) is 12.4. The first-order chi connectivity index (χ1) is 9.85. The molecule has 0 amide bonds. The maximum Gasteiger partial charge on any atom is 0.0769 e. The molecule has 3 rings (SSSR count). The lowest BCUT2D eigenvalue weighted by Crippen LogP contribution is -2.43. The van der Waals surface area contributed by atoms with E-state index in [1.54, 1.807) is 0 Å². The Morgan fingerprint density at radius 1 is 1.24 bits per heavy atom. The number of aromatic nitrogens is 2. The van der Waals surface area contributed by atoms with E-state index >= 15 is 0 Å². The van der Waals surface area contributed by atoms with Crippen molar-refractivity contribution in [3.05, 3.63) is 48.3 Å². The van der Waals surface area contributed by atoms with Gasteiger partial charge in [-0.2, -0.15) is 5.10 Å². The van der Waals surface area contributed by atoms with Crippen molar-refractivity contribution in [2.75, 3.05) is 20.1 Å². The second-order valence-electron chi connectivity index (χ2n) is 5.45. The third kappa shape index (κ3) is 4.06. The Labute approximate surface area is 132 Å². The molecule has 1 aromatic heterocycles. The van der Waals surface area contributed by atoms with Crippen LogP contribution in [0.3, 0.4) is 0 Å². The van der Waals surface area contributed by atoms with E-state index < -0.39 is 0 Å². The Morgan fingerprint density at radius 2 is 2.05 bits per heavy atom. The van der Waals surface area contributed by atoms with E-state index in [1.165, 1.54) is 19.4 Å². The fraction of sp³-hybridized carbons (Fsp3) is 0.438. The number of benzene rings is 1. The van der Waals surface area contributed by atoms with Crippen LogP contribution in [-0.2, 0) is 6.54 Å². The van der Waals surface area contributed by atoms with Crippen LogP contribution in [0.15, 0.2) is 42.6 Å². The number of halogens is 1. The number of piperidine rings is 1. The first kappa shape index (κ1) is 16.0. The lowest BCUT2D eigenvalue weighted by atomic mass is 10.1. The smallest absolute Gasteiger partial charge is 0.0769 e. The molecular formula is C16H23ClN4. The zero-order chi connectivity index (χ0) is 13.8. The third-order valence-electron chi connectivity index (χ3n) is 3.96. The van der Waals surface area contributed by atoms with Gasteiger partial charge >= 0.3 is 0 Å². The summed E-state index contributed by atoms with van der Waals surface area (Å²) in [5, 5.41) is 8.06. The number of nitrogens with zero attached hydrogens (tertiary/aromatic N) is 3. The number of hydrogen-bond donors (Lipinski definition) is 1. The van der Waals surface area contributed by atoms with Crippen LogP contribution in [0.1, 0.15) is 18.5 Å². The van der Waals surface area contributed by atoms with Gasteiger partial charge in [0, 0.05) is 25.3 Å². The highest BCUT2D eigenvalue weighted by molar-refractivity contribution is 5.85. The predicted molar refractivity (Wildman–Crippen MR) is 88.2 cm³/mol. The van der Waals surface area contributed by atoms with Gasteiger partial charge in [0.05, 0.1) is 11.4 Å². The maximum atomic E-state index is 4.68. The van der Waals surface area contributed by atoms with E-state index in [0.29, 0.717) is 6.04 Å². The molecule has 2 heterocycles. The highest BCUT2D eigenvalue weighted by Gasteiger charge is 2.19. The van der Waals surface area contributed by atoms with Gasteiger partial charge in [-0.3, -0.25) is 4.90 Å². The van der Waals surface area contributed by atoms with Crippen molar-refractivity contribution in [3.8, 4) is 5.69 Å². The minimum atomic E-state index is 0. The third-order valence-corrected chi connectivity index (χ3v) is 3.96. The minimum Gasteiger partial charge on any atom is -0.316 e. The maximum absolute atomic E-state index is 4.68. The van der Waals surface area contributed by atoms with E-state index in [9.17, 15) is 0 Å². The molecule has 0 radical (unpaired) electrons. The van der Waals surface area contributed by atoms with Gasteiger partial charge in [0.15, 0.2) is 0 Å². The van der Waals surface area contributed by atoms with Crippen LogP contribution in [0.25, 0.3) is 5.69 Å². The monoisotopic (exact) mass is 306 g/mol. The molecule has 4 nitrogen and oxygen atoms in total. The molecule has 0 bridgehead atoms. The normalized spacial score (nSPS) is 19.2. The van der Waals surface area contributed by atoms with Gasteiger partial charge in [-0.25, -0.2) is 4.68 Å². The minimum absolute atomic E-state index is 0. The molecule has 114 valence electrons. The Balaban J connectivity index is 0.00000161. The molecule has 1 aromatic carbocycles. The van der Waals surface area contributed by atoms with Crippen LogP contribution in [0.2, 0.25) is 0 Å². The molecule has 1 aliphatic heterocycles. The van der Waals surface area contributed by atoms with E-state index in [4.69, 9.17) is 0 Å². The summed E-state index contributed by atoms with van der Waals surface area (Å²) in [7, 11) is 2.05. The van der Waals surface area contributed by atoms with Crippen molar-refractivity contribution in [2.24, 2.45) is 0 Å². The van der Waals surface area contributed by atoms with Crippen LogP contribution in [0.4, 0.5) is 0 Å². The summed E-state index contributed by atoms with van der Waals surface area (Å²) in [5.41, 5.74) is 2.26. The van der Waals surface area contributed by atoms with Crippen molar-refractivity contribution >= 4 is 12.4 Å². The number of likely N-dealkylation sites (N-methyl/N-ethyl adjacent to an activating group) is 1. The van der Waals surface area contributed by atoms with Gasteiger partial charge in [0.25, 0.3) is 0 Å². The fourth-order valence-corrected chi connectivity index (χ4v) is 2.83. The van der Waals surface area contributed by atoms with Crippen molar-refractivity contribution in [2.45, 2.75) is 25.4 Å². The fourth-order valence-electron chi connectivity index (χ4n) is 2.83. The van der Waals surface area contributed by atoms with E-state index in [1.807, 2.05) is 29.1 Å². The highest BCUT2D eigenvalue weighted by atomic mass is 35.5. The average molecular weight is 307 g/mol. The van der Waals surface area contributed by atoms with Gasteiger partial charge in [-0.1, -0.05) is 18.2 Å². The molecule has 1 saturated heterocycles. The van der Waals surface area contributed by atoms with E-state index in [-0.39, 0.29) is 12.4 Å². The topological polar surface area (TPSA) is 33.1 Å². The Kier molecular flexibility index (Phi) is 5.79. The summed E-state index contributed by atoms with van der Waals surface area (Å²) >= 11 is 0. The Morgan fingerprint density at radius 3 is 2.81 bits per heavy atom. The Bertz CT molecular complexity index is 540. The summed E-state index contributed by atoms with van der Waals surface area (Å²) in [6, 6.07) is 13.0. The van der Waals surface area contributed by atoms with E-state index in [2.05, 4.69) is 40.6 Å². The molecule has 1 aliphatic rings. The molecule has 0 spiro atoms. The Hall–Kier alpha value is -1.36. The van der Waals surface area contributed by atoms with Crippen LogP contribution in [0, 0.1) is 0 Å². The van der Waals surface area contributed by atoms with Gasteiger partial charge in [0.1, 0.15) is 0 Å². The first-order valence-electron chi connectivity index (χ1n) is 7.35. The molecular weight excluding hydrogens is 284 g/mol. The quantitative estimate of drug-likeness (QED) is 0.942. The lowest BCUT2D eigenvalue weighted by Gasteiger charge is -2.31. The number of likely N-dealkylation sites (tertiary alicyclic amines) is 1. The summed E-state index contributed by atoms with van der Waals surface area (Å²) < 4.78 is 1.95. The number of para-hydroxylation sites is 1. The standard InChI is InChI=1S/C16H22N4.ClH/c1-17-14-6-5-10-19(12-14)13-15-9-11-20(18-15)16-7-3-2-4-8-16;/h2-4,7-9,11,14,17H,5-6,10,12-13H2,1H3;1H. The lowest BCUT2D eigenvalue weighted by molar-refractivity contribution is 0.186. The van der Waals surface area contributed by atoms with Crippen molar-refractivity contribution in [1.29, 1.82) is 0 Å². The molecule has 1 fully saturated rings. The molecule has 0 saturated carbocycles. The van der Waals surface area contributed by atoms with Crippen LogP contribution < -0.4 is 5.32 Å². The number of rotatable bonds is 4. The highest BCUT2D eigenvalue weighted by Crippen LogP contribution is 2.13. The average Bonchev–Trinajstić information content (AvgIpc) is 2.97. The SMILES string of the molecule is CNC1CCCN(Cc2ccn(-c3ccccc3)n2)C1.Cl. The van der Waals surface area contributed by atoms with E-state index in [0.717, 1.165) is 24.5 Å². The van der Waals surface area contributed by atoms with Crippen LogP contribution in [-0.4, -0.2) is 40.9 Å². The number of nitrogens with one attached hydrogen (secondary N) is 1. The molecule has 0 aliphatic carbocycles. The van der Waals surface area contributed by atoms with Crippen LogP contribution in [0.5, 0.6) is 0 Å². The van der Waals surface area contributed by atoms with Crippen molar-refractivity contribution < 1.29 is 0 Å². The molecule has 1 unspecified atom stereocenters. The second-order valence-corrected chi connectivity index (χ2v) is 5.45. The summed E-state index contributed by atoms with van der Waals surface area (Å²) in [6.07, 6.45) is 4.60. The molecule has 5 heteroatoms. The second kappa shape index (κ2) is 7.59. The zero-order valence-corrected chi connectivity index (χ0v) is 13.2. The van der Waals surface area contributed by atoms with Crippen molar-refractivity contribution in [3.63, 3.8) is 0 Å². The molecule has 1 N–H and O–H groups in total.